The van der Waals surface area contributed by atoms with Gasteiger partial charge in [-0.3, -0.25) is 9.59 Å². The van der Waals surface area contributed by atoms with E-state index >= 15 is 0 Å². The highest BCUT2D eigenvalue weighted by molar-refractivity contribution is 5.80. The molecule has 0 saturated carbocycles. The number of carbonyl (C=O) groups excluding carboxylic acids is 1. The van der Waals surface area contributed by atoms with Gasteiger partial charge in [-0.1, -0.05) is 0 Å². The monoisotopic (exact) mass is 209 g/mol. The van der Waals surface area contributed by atoms with E-state index in [1.54, 1.807) is 4.90 Å². The van der Waals surface area contributed by atoms with E-state index in [2.05, 4.69) is 11.8 Å². The average Bonchev–Trinajstić information content (AvgIpc) is 2.13. The van der Waals surface area contributed by atoms with Crippen molar-refractivity contribution in [3.8, 4) is 11.8 Å². The largest absolute Gasteiger partial charge is 0.481 e. The van der Waals surface area contributed by atoms with Crippen LogP contribution in [-0.2, 0) is 9.59 Å². The summed E-state index contributed by atoms with van der Waals surface area (Å²) >= 11 is 0. The topological polar surface area (TPSA) is 57.6 Å². The Morgan fingerprint density at radius 3 is 2.60 bits per heavy atom. The first-order valence-electron chi connectivity index (χ1n) is 5.15. The molecular formula is C11H15NO3. The maximum atomic E-state index is 11.6. The minimum Gasteiger partial charge on any atom is -0.481 e. The number of aliphatic carboxylic acids is 1. The minimum absolute atomic E-state index is 0.0684. The highest BCUT2D eigenvalue weighted by atomic mass is 16.4. The Morgan fingerprint density at radius 2 is 1.87 bits per heavy atom. The maximum absolute atomic E-state index is 11.6. The number of amides is 1. The highest BCUT2D eigenvalue weighted by Gasteiger charge is 2.14. The van der Waals surface area contributed by atoms with Gasteiger partial charge in [-0.2, -0.15) is 0 Å². The molecule has 4 heteroatoms. The number of nitrogens with zero attached hydrogens (tertiary/aromatic N) is 1. The minimum atomic E-state index is -0.921. The standard InChI is InChI=1S/C11H15NO3/c13-10(6-7-11(14)15)12-8-4-2-1-3-5-9-12/h2,4-9H2,(H,14,15). The molecule has 1 aliphatic rings. The molecule has 1 heterocycles. The second kappa shape index (κ2) is 6.07. The van der Waals surface area contributed by atoms with Gasteiger partial charge < -0.3 is 10.0 Å². The van der Waals surface area contributed by atoms with Crippen molar-refractivity contribution in [3.63, 3.8) is 0 Å². The lowest BCUT2D eigenvalue weighted by Gasteiger charge is -2.22. The van der Waals surface area contributed by atoms with Gasteiger partial charge in [0.05, 0.1) is 6.42 Å². The van der Waals surface area contributed by atoms with Gasteiger partial charge in [0.15, 0.2) is 0 Å². The van der Waals surface area contributed by atoms with Crippen LogP contribution in [0.2, 0.25) is 0 Å². The first kappa shape index (κ1) is 11.6. The number of carbonyl (C=O) groups is 2. The third-order valence-corrected chi connectivity index (χ3v) is 2.27. The van der Waals surface area contributed by atoms with Crippen LogP contribution in [0.4, 0.5) is 0 Å². The Bertz CT molecular complexity index is 301. The van der Waals surface area contributed by atoms with Gasteiger partial charge in [-0.25, -0.2) is 0 Å². The Hall–Kier alpha value is -1.50. The van der Waals surface area contributed by atoms with Crippen LogP contribution in [0.25, 0.3) is 0 Å². The fourth-order valence-electron chi connectivity index (χ4n) is 1.46. The van der Waals surface area contributed by atoms with E-state index in [1.807, 2.05) is 0 Å². The van der Waals surface area contributed by atoms with Crippen molar-refractivity contribution in [1.29, 1.82) is 0 Å². The zero-order valence-corrected chi connectivity index (χ0v) is 8.66. The van der Waals surface area contributed by atoms with Gasteiger partial charge in [-0.15, -0.1) is 11.8 Å². The van der Waals surface area contributed by atoms with Crippen molar-refractivity contribution in [2.45, 2.75) is 32.1 Å². The molecule has 0 saturated heterocycles. The maximum Gasteiger partial charge on any atom is 0.303 e. The Labute approximate surface area is 89.3 Å². The summed E-state index contributed by atoms with van der Waals surface area (Å²) in [6.45, 7) is 1.33. The molecule has 0 radical (unpaired) electrons. The summed E-state index contributed by atoms with van der Waals surface area (Å²) in [7, 11) is 0. The summed E-state index contributed by atoms with van der Waals surface area (Å²) in [5, 5.41) is 8.47. The first-order valence-corrected chi connectivity index (χ1v) is 5.15. The summed E-state index contributed by atoms with van der Waals surface area (Å²) < 4.78 is 0. The van der Waals surface area contributed by atoms with Crippen LogP contribution in [0.15, 0.2) is 0 Å². The molecule has 0 aromatic heterocycles. The van der Waals surface area contributed by atoms with E-state index in [4.69, 9.17) is 5.11 Å². The first-order chi connectivity index (χ1) is 7.20. The second-order valence-electron chi connectivity index (χ2n) is 3.48. The zero-order chi connectivity index (χ0) is 11.1. The van der Waals surface area contributed by atoms with Crippen LogP contribution in [0.5, 0.6) is 0 Å². The predicted molar refractivity (Wildman–Crippen MR) is 55.1 cm³/mol. The number of rotatable bonds is 3. The van der Waals surface area contributed by atoms with Crippen LogP contribution in [-0.4, -0.2) is 35.0 Å². The van der Waals surface area contributed by atoms with E-state index in [0.717, 1.165) is 12.8 Å². The third kappa shape index (κ3) is 4.50. The van der Waals surface area contributed by atoms with E-state index in [1.165, 1.54) is 0 Å². The molecule has 82 valence electrons. The zero-order valence-electron chi connectivity index (χ0n) is 8.66. The van der Waals surface area contributed by atoms with E-state index < -0.39 is 5.97 Å². The fraction of sp³-hybridized carbons (Fsp3) is 0.636. The van der Waals surface area contributed by atoms with Crippen molar-refractivity contribution in [3.05, 3.63) is 0 Å². The SMILES string of the molecule is O=C(O)CCC(=O)N1CCC#CCCC1. The Morgan fingerprint density at radius 1 is 1.13 bits per heavy atom. The normalized spacial score (nSPS) is 15.9. The van der Waals surface area contributed by atoms with Crippen molar-refractivity contribution in [1.82, 2.24) is 4.90 Å². The molecule has 1 rings (SSSR count). The number of carboxylic acids is 1. The lowest BCUT2D eigenvalue weighted by Crippen LogP contribution is -2.33. The lowest BCUT2D eigenvalue weighted by atomic mass is 10.2. The van der Waals surface area contributed by atoms with Crippen LogP contribution >= 0.6 is 0 Å². The smallest absolute Gasteiger partial charge is 0.303 e. The van der Waals surface area contributed by atoms with Gasteiger partial charge in [-0.05, 0) is 6.42 Å². The van der Waals surface area contributed by atoms with Crippen molar-refractivity contribution < 1.29 is 14.7 Å². The number of hydrogen-bond donors (Lipinski definition) is 1. The van der Waals surface area contributed by atoms with Crippen molar-refractivity contribution >= 4 is 11.9 Å². The summed E-state index contributed by atoms with van der Waals surface area (Å²) in [4.78, 5) is 23.6. The molecule has 0 aromatic carbocycles. The van der Waals surface area contributed by atoms with Crippen LogP contribution in [0, 0.1) is 11.8 Å². The summed E-state index contributed by atoms with van der Waals surface area (Å²) in [6.07, 6.45) is 2.41. The fourth-order valence-corrected chi connectivity index (χ4v) is 1.46. The van der Waals surface area contributed by atoms with Gasteiger partial charge in [0.2, 0.25) is 5.91 Å². The molecule has 15 heavy (non-hydrogen) atoms. The molecule has 1 N–H and O–H groups in total. The Kier molecular flexibility index (Phi) is 4.69. The molecule has 1 amide bonds. The van der Waals surface area contributed by atoms with E-state index in [9.17, 15) is 9.59 Å². The molecule has 1 aliphatic heterocycles. The molecule has 0 atom stereocenters. The van der Waals surface area contributed by atoms with E-state index in [-0.39, 0.29) is 18.7 Å². The van der Waals surface area contributed by atoms with Gasteiger partial charge in [0.25, 0.3) is 0 Å². The molecule has 0 unspecified atom stereocenters. The van der Waals surface area contributed by atoms with Crippen LogP contribution in [0.3, 0.4) is 0 Å². The number of carboxylic acid groups (broad SMARTS) is 1. The molecular weight excluding hydrogens is 194 g/mol. The molecule has 0 fully saturated rings. The molecule has 0 aromatic rings. The predicted octanol–water partition coefficient (Wildman–Crippen LogP) is 0.867. The molecule has 0 spiro atoms. The average molecular weight is 209 g/mol. The lowest BCUT2D eigenvalue weighted by molar-refractivity contribution is -0.140. The van der Waals surface area contributed by atoms with Gasteiger partial charge in [0.1, 0.15) is 0 Å². The van der Waals surface area contributed by atoms with E-state index in [0.29, 0.717) is 19.5 Å². The Balaban J connectivity index is 2.38. The summed E-state index contributed by atoms with van der Waals surface area (Å²) in [5.74, 6) is 5.00. The van der Waals surface area contributed by atoms with Crippen LogP contribution in [0.1, 0.15) is 32.1 Å². The highest BCUT2D eigenvalue weighted by Crippen LogP contribution is 2.04. The molecule has 0 bridgehead atoms. The van der Waals surface area contributed by atoms with Gasteiger partial charge in [0, 0.05) is 32.4 Å². The number of hydrogen-bond acceptors (Lipinski definition) is 2. The van der Waals surface area contributed by atoms with Gasteiger partial charge >= 0.3 is 5.97 Å². The van der Waals surface area contributed by atoms with Crippen LogP contribution < -0.4 is 0 Å². The summed E-state index contributed by atoms with van der Waals surface area (Å²) in [6, 6.07) is 0. The summed E-state index contributed by atoms with van der Waals surface area (Å²) in [5.41, 5.74) is 0. The van der Waals surface area contributed by atoms with Crippen molar-refractivity contribution in [2.24, 2.45) is 0 Å². The quantitative estimate of drug-likeness (QED) is 0.701. The third-order valence-electron chi connectivity index (χ3n) is 2.27. The molecule has 4 nitrogen and oxygen atoms in total. The van der Waals surface area contributed by atoms with Crippen molar-refractivity contribution in [2.75, 3.05) is 13.1 Å². The molecule has 0 aliphatic carbocycles. The second-order valence-corrected chi connectivity index (χ2v) is 3.48.